The van der Waals surface area contributed by atoms with Crippen LogP contribution in [0.5, 0.6) is 0 Å². The summed E-state index contributed by atoms with van der Waals surface area (Å²) in [6, 6.07) is 1.79. The second-order valence-electron chi connectivity index (χ2n) is 3.96. The van der Waals surface area contributed by atoms with Gasteiger partial charge in [0.15, 0.2) is 17.2 Å². The van der Waals surface area contributed by atoms with Crippen LogP contribution in [0.25, 0.3) is 11.2 Å². The van der Waals surface area contributed by atoms with Crippen LogP contribution < -0.4 is 5.73 Å². The number of anilines is 1. The SMILES string of the molecule is Nc1ncnc2c1ncn2CC(=O)c1cc(Br)sc1Br. The molecule has 0 aliphatic heterocycles. The largest absolute Gasteiger partial charge is 0.382 e. The van der Waals surface area contributed by atoms with E-state index in [1.807, 2.05) is 0 Å². The summed E-state index contributed by atoms with van der Waals surface area (Å²) in [4.78, 5) is 24.4. The molecule has 3 heterocycles. The molecule has 0 saturated carbocycles. The zero-order valence-corrected chi connectivity index (χ0v) is 13.9. The summed E-state index contributed by atoms with van der Waals surface area (Å²) in [6.45, 7) is 0.148. The van der Waals surface area contributed by atoms with Gasteiger partial charge in [0.05, 0.1) is 20.4 Å². The number of halogens is 2. The van der Waals surface area contributed by atoms with Crippen molar-refractivity contribution in [3.63, 3.8) is 0 Å². The van der Waals surface area contributed by atoms with E-state index in [9.17, 15) is 4.79 Å². The molecular formula is C11H7Br2N5OS. The predicted molar refractivity (Wildman–Crippen MR) is 83.8 cm³/mol. The molecule has 0 aliphatic carbocycles. The maximum atomic E-state index is 12.3. The minimum atomic E-state index is -0.0321. The van der Waals surface area contributed by atoms with Crippen molar-refractivity contribution in [3.8, 4) is 0 Å². The number of Topliss-reactive ketones (excluding diaryl/α,β-unsaturated/α-hetero) is 1. The fourth-order valence-electron chi connectivity index (χ4n) is 1.78. The summed E-state index contributed by atoms with van der Waals surface area (Å²) < 4.78 is 3.36. The number of thiophene rings is 1. The highest BCUT2D eigenvalue weighted by Gasteiger charge is 2.16. The molecule has 3 rings (SSSR count). The molecule has 6 nitrogen and oxygen atoms in total. The molecular weight excluding hydrogens is 410 g/mol. The molecule has 9 heteroatoms. The molecule has 102 valence electrons. The van der Waals surface area contributed by atoms with Gasteiger partial charge in [0.2, 0.25) is 0 Å². The Labute approximate surface area is 134 Å². The lowest BCUT2D eigenvalue weighted by atomic mass is 10.2. The van der Waals surface area contributed by atoms with Gasteiger partial charge in [-0.15, -0.1) is 11.3 Å². The van der Waals surface area contributed by atoms with Gasteiger partial charge in [-0.05, 0) is 37.9 Å². The van der Waals surface area contributed by atoms with Crippen molar-refractivity contribution in [3.05, 3.63) is 31.9 Å². The van der Waals surface area contributed by atoms with Crippen LogP contribution in [0.15, 0.2) is 26.3 Å². The molecule has 0 aliphatic rings. The quantitative estimate of drug-likeness (QED) is 0.663. The number of nitrogen functional groups attached to an aromatic ring is 1. The van der Waals surface area contributed by atoms with Crippen molar-refractivity contribution < 1.29 is 4.79 Å². The Morgan fingerprint density at radius 2 is 2.15 bits per heavy atom. The molecule has 0 aromatic carbocycles. The van der Waals surface area contributed by atoms with Gasteiger partial charge in [0.1, 0.15) is 11.8 Å². The zero-order valence-electron chi connectivity index (χ0n) is 9.88. The first-order chi connectivity index (χ1) is 9.56. The molecule has 20 heavy (non-hydrogen) atoms. The number of hydrogen-bond donors (Lipinski definition) is 1. The van der Waals surface area contributed by atoms with Crippen LogP contribution in [0.3, 0.4) is 0 Å². The Morgan fingerprint density at radius 3 is 2.85 bits per heavy atom. The number of hydrogen-bond acceptors (Lipinski definition) is 6. The molecule has 0 atom stereocenters. The average molecular weight is 417 g/mol. The van der Waals surface area contributed by atoms with E-state index in [-0.39, 0.29) is 12.3 Å². The van der Waals surface area contributed by atoms with E-state index in [0.717, 1.165) is 7.57 Å². The van der Waals surface area contributed by atoms with Gasteiger partial charge < -0.3 is 10.3 Å². The number of aromatic nitrogens is 4. The fraction of sp³-hybridized carbons (Fsp3) is 0.0909. The van der Waals surface area contributed by atoms with E-state index in [2.05, 4.69) is 46.8 Å². The van der Waals surface area contributed by atoms with E-state index < -0.39 is 0 Å². The number of nitrogens with zero attached hydrogens (tertiary/aromatic N) is 4. The molecule has 2 N–H and O–H groups in total. The summed E-state index contributed by atoms with van der Waals surface area (Å²) in [5.74, 6) is 0.274. The maximum Gasteiger partial charge on any atom is 0.184 e. The lowest BCUT2D eigenvalue weighted by Crippen LogP contribution is -2.10. The van der Waals surface area contributed by atoms with Gasteiger partial charge >= 0.3 is 0 Å². The molecule has 0 fully saturated rings. The number of carbonyl (C=O) groups excluding carboxylic acids is 1. The third kappa shape index (κ3) is 2.36. The highest BCUT2D eigenvalue weighted by molar-refractivity contribution is 9.12. The topological polar surface area (TPSA) is 86.7 Å². The van der Waals surface area contributed by atoms with Crippen LogP contribution in [0.1, 0.15) is 10.4 Å². The minimum Gasteiger partial charge on any atom is -0.382 e. The smallest absolute Gasteiger partial charge is 0.184 e. The standard InChI is InChI=1S/C11H7Br2N5OS/c12-7-1-5(9(13)20-7)6(19)2-18-4-17-8-10(14)15-3-16-11(8)18/h1,3-4H,2H2,(H2,14,15,16). The monoisotopic (exact) mass is 415 g/mol. The van der Waals surface area contributed by atoms with Crippen molar-refractivity contribution in [1.29, 1.82) is 0 Å². The van der Waals surface area contributed by atoms with Gasteiger partial charge in [-0.3, -0.25) is 4.79 Å². The maximum absolute atomic E-state index is 12.3. The van der Waals surface area contributed by atoms with Crippen LogP contribution >= 0.6 is 43.2 Å². The summed E-state index contributed by atoms with van der Waals surface area (Å²) in [7, 11) is 0. The van der Waals surface area contributed by atoms with Gasteiger partial charge in [0.25, 0.3) is 0 Å². The highest BCUT2D eigenvalue weighted by Crippen LogP contribution is 2.32. The summed E-state index contributed by atoms with van der Waals surface area (Å²) in [5.41, 5.74) is 7.40. The molecule has 3 aromatic heterocycles. The number of fused-ring (bicyclic) bond motifs is 1. The van der Waals surface area contributed by atoms with E-state index >= 15 is 0 Å². The minimum absolute atomic E-state index is 0.0321. The molecule has 0 amide bonds. The van der Waals surface area contributed by atoms with E-state index in [0.29, 0.717) is 22.5 Å². The van der Waals surface area contributed by atoms with Crippen molar-refractivity contribution >= 4 is 66.0 Å². The van der Waals surface area contributed by atoms with E-state index in [4.69, 9.17) is 5.73 Å². The Morgan fingerprint density at radius 1 is 1.35 bits per heavy atom. The van der Waals surface area contributed by atoms with Crippen molar-refractivity contribution in [2.45, 2.75) is 6.54 Å². The normalized spacial score (nSPS) is 11.1. The Hall–Kier alpha value is -1.32. The zero-order chi connectivity index (χ0) is 14.3. The van der Waals surface area contributed by atoms with Crippen LogP contribution in [0.2, 0.25) is 0 Å². The number of rotatable bonds is 3. The first-order valence-corrected chi connectivity index (χ1v) is 7.86. The third-order valence-corrected chi connectivity index (χ3v) is 5.04. The molecule has 0 unspecified atom stereocenters. The van der Waals surface area contributed by atoms with Crippen molar-refractivity contribution in [2.24, 2.45) is 0 Å². The summed E-state index contributed by atoms with van der Waals surface area (Å²) in [5, 5.41) is 0. The van der Waals surface area contributed by atoms with Crippen molar-refractivity contribution in [1.82, 2.24) is 19.5 Å². The Bertz CT molecular complexity index is 812. The predicted octanol–water partition coefficient (Wildman–Crippen LogP) is 2.88. The van der Waals surface area contributed by atoms with Crippen LogP contribution in [-0.4, -0.2) is 25.3 Å². The van der Waals surface area contributed by atoms with Gasteiger partial charge in [0, 0.05) is 5.56 Å². The summed E-state index contributed by atoms with van der Waals surface area (Å²) in [6.07, 6.45) is 2.90. The van der Waals surface area contributed by atoms with Gasteiger partial charge in [-0.1, -0.05) is 0 Å². The Kier molecular flexibility index (Phi) is 3.57. The second kappa shape index (κ2) is 5.23. The molecule has 0 spiro atoms. The van der Waals surface area contributed by atoms with E-state index in [1.165, 1.54) is 17.7 Å². The van der Waals surface area contributed by atoms with Crippen molar-refractivity contribution in [2.75, 3.05) is 5.73 Å². The van der Waals surface area contributed by atoms with Crippen LogP contribution in [-0.2, 0) is 6.54 Å². The first kappa shape index (κ1) is 13.7. The second-order valence-corrected chi connectivity index (χ2v) is 7.71. The number of carbonyl (C=O) groups is 1. The lowest BCUT2D eigenvalue weighted by molar-refractivity contribution is 0.0973. The Balaban J connectivity index is 1.96. The highest BCUT2D eigenvalue weighted by atomic mass is 79.9. The molecule has 0 radical (unpaired) electrons. The summed E-state index contributed by atoms with van der Waals surface area (Å²) >= 11 is 8.20. The van der Waals surface area contributed by atoms with Crippen LogP contribution in [0.4, 0.5) is 5.82 Å². The van der Waals surface area contributed by atoms with Gasteiger partial charge in [-0.25, -0.2) is 15.0 Å². The number of nitrogens with two attached hydrogens (primary N) is 1. The lowest BCUT2D eigenvalue weighted by Gasteiger charge is -2.02. The van der Waals surface area contributed by atoms with E-state index in [1.54, 1.807) is 17.0 Å². The molecule has 0 saturated heterocycles. The van der Waals surface area contributed by atoms with Crippen LogP contribution in [0, 0.1) is 0 Å². The molecule has 0 bridgehead atoms. The number of imidazole rings is 1. The number of ketones is 1. The third-order valence-electron chi connectivity index (χ3n) is 2.70. The molecule has 3 aromatic rings. The average Bonchev–Trinajstić information content (AvgIpc) is 2.94. The first-order valence-electron chi connectivity index (χ1n) is 5.45. The van der Waals surface area contributed by atoms with Gasteiger partial charge in [-0.2, -0.15) is 0 Å². The fourth-order valence-corrected chi connectivity index (χ4v) is 4.64.